The average Bonchev–Trinajstić information content (AvgIpc) is 2.26. The number of hydrogen-bond donors (Lipinski definition) is 1. The van der Waals surface area contributed by atoms with Gasteiger partial charge in [-0.05, 0) is 49.9 Å². The van der Waals surface area contributed by atoms with Gasteiger partial charge in [0.2, 0.25) is 0 Å². The zero-order chi connectivity index (χ0) is 12.3. The Bertz CT molecular complexity index is 358. The highest BCUT2D eigenvalue weighted by molar-refractivity contribution is 5.33. The Balaban J connectivity index is 1.96. The third-order valence-corrected chi connectivity index (χ3v) is 3.49. The van der Waals surface area contributed by atoms with E-state index in [-0.39, 0.29) is 0 Å². The van der Waals surface area contributed by atoms with Gasteiger partial charge in [-0.3, -0.25) is 0 Å². The highest BCUT2D eigenvalue weighted by atomic mass is 16.5. The van der Waals surface area contributed by atoms with Crippen LogP contribution in [0.5, 0.6) is 5.75 Å². The molecule has 1 aromatic rings. The van der Waals surface area contributed by atoms with E-state index >= 15 is 0 Å². The van der Waals surface area contributed by atoms with Gasteiger partial charge in [-0.15, -0.1) is 0 Å². The van der Waals surface area contributed by atoms with Gasteiger partial charge in [0.1, 0.15) is 12.4 Å². The van der Waals surface area contributed by atoms with E-state index < -0.39 is 5.60 Å². The fourth-order valence-corrected chi connectivity index (χ4v) is 2.59. The minimum absolute atomic E-state index is 0.426. The monoisotopic (exact) mass is 234 g/mol. The number of rotatable bonds is 3. The maximum Gasteiger partial charge on any atom is 0.119 e. The summed E-state index contributed by atoms with van der Waals surface area (Å²) in [5.41, 5.74) is 1.81. The van der Waals surface area contributed by atoms with E-state index in [1.165, 1.54) is 17.5 Å². The number of hydrogen-bond acceptors (Lipinski definition) is 2. The molecule has 0 atom stereocenters. The number of ether oxygens (including phenoxy) is 1. The molecule has 0 saturated heterocycles. The molecule has 2 nitrogen and oxygen atoms in total. The number of benzene rings is 1. The van der Waals surface area contributed by atoms with Crippen LogP contribution in [0, 0.1) is 13.8 Å². The second kappa shape index (κ2) is 5.09. The van der Waals surface area contributed by atoms with E-state index in [9.17, 15) is 5.11 Å². The van der Waals surface area contributed by atoms with Gasteiger partial charge in [0.25, 0.3) is 0 Å². The standard InChI is InChI=1S/C15H22O2/c1-12-8-13(2)10-14(9-12)17-11-15(16)6-4-3-5-7-15/h8-10,16H,3-7,11H2,1-2H3. The van der Waals surface area contributed by atoms with Crippen molar-refractivity contribution in [2.24, 2.45) is 0 Å². The first-order chi connectivity index (χ1) is 8.07. The summed E-state index contributed by atoms with van der Waals surface area (Å²) in [5.74, 6) is 0.876. The van der Waals surface area contributed by atoms with Crippen LogP contribution < -0.4 is 4.74 Å². The summed E-state index contributed by atoms with van der Waals surface area (Å²) in [6.07, 6.45) is 5.22. The lowest BCUT2D eigenvalue weighted by atomic mass is 9.85. The van der Waals surface area contributed by atoms with Crippen LogP contribution in [0.25, 0.3) is 0 Å². The van der Waals surface area contributed by atoms with Crippen LogP contribution in [-0.2, 0) is 0 Å². The van der Waals surface area contributed by atoms with Crippen molar-refractivity contribution in [2.75, 3.05) is 6.61 Å². The third-order valence-electron chi connectivity index (χ3n) is 3.49. The summed E-state index contributed by atoms with van der Waals surface area (Å²) < 4.78 is 5.76. The molecule has 1 saturated carbocycles. The van der Waals surface area contributed by atoms with Crippen molar-refractivity contribution < 1.29 is 9.84 Å². The van der Waals surface area contributed by atoms with Crippen molar-refractivity contribution in [1.82, 2.24) is 0 Å². The first-order valence-electron chi connectivity index (χ1n) is 6.51. The molecule has 1 aliphatic rings. The summed E-state index contributed by atoms with van der Waals surface area (Å²) in [7, 11) is 0. The van der Waals surface area contributed by atoms with Crippen molar-refractivity contribution in [2.45, 2.75) is 51.6 Å². The Labute approximate surface area is 104 Å². The second-order valence-electron chi connectivity index (χ2n) is 5.40. The first-order valence-corrected chi connectivity index (χ1v) is 6.51. The van der Waals surface area contributed by atoms with Gasteiger partial charge in [0.05, 0.1) is 5.60 Å². The molecular formula is C15H22O2. The Morgan fingerprint density at radius 3 is 2.24 bits per heavy atom. The van der Waals surface area contributed by atoms with Gasteiger partial charge >= 0.3 is 0 Å². The molecule has 0 aliphatic heterocycles. The van der Waals surface area contributed by atoms with Crippen molar-refractivity contribution in [3.05, 3.63) is 29.3 Å². The third kappa shape index (κ3) is 3.47. The Morgan fingerprint density at radius 1 is 1.06 bits per heavy atom. The zero-order valence-corrected chi connectivity index (χ0v) is 10.8. The summed E-state index contributed by atoms with van der Waals surface area (Å²) in [6.45, 7) is 4.56. The molecule has 0 radical (unpaired) electrons. The quantitative estimate of drug-likeness (QED) is 0.868. The fourth-order valence-electron chi connectivity index (χ4n) is 2.59. The van der Waals surface area contributed by atoms with E-state index in [0.717, 1.165) is 31.4 Å². The first kappa shape index (κ1) is 12.4. The van der Waals surface area contributed by atoms with Crippen LogP contribution in [0.1, 0.15) is 43.2 Å². The Hall–Kier alpha value is -1.02. The molecule has 2 heteroatoms. The van der Waals surface area contributed by atoms with E-state index in [1.54, 1.807) is 0 Å². The lowest BCUT2D eigenvalue weighted by molar-refractivity contribution is -0.0339. The van der Waals surface area contributed by atoms with E-state index in [1.807, 2.05) is 12.1 Å². The molecule has 94 valence electrons. The Morgan fingerprint density at radius 2 is 1.65 bits per heavy atom. The number of aliphatic hydroxyl groups is 1. The van der Waals surface area contributed by atoms with Gasteiger partial charge in [-0.25, -0.2) is 0 Å². The molecule has 0 bridgehead atoms. The lowest BCUT2D eigenvalue weighted by Crippen LogP contribution is -2.37. The van der Waals surface area contributed by atoms with E-state index in [4.69, 9.17) is 4.74 Å². The van der Waals surface area contributed by atoms with E-state index in [0.29, 0.717) is 6.61 Å². The highest BCUT2D eigenvalue weighted by Crippen LogP contribution is 2.29. The minimum Gasteiger partial charge on any atom is -0.491 e. The van der Waals surface area contributed by atoms with Crippen LogP contribution in [0.3, 0.4) is 0 Å². The molecule has 1 aliphatic carbocycles. The normalized spacial score (nSPS) is 19.0. The summed E-state index contributed by atoms with van der Waals surface area (Å²) in [6, 6.07) is 6.18. The van der Waals surface area contributed by atoms with Crippen LogP contribution in [0.2, 0.25) is 0 Å². The minimum atomic E-state index is -0.601. The lowest BCUT2D eigenvalue weighted by Gasteiger charge is -2.31. The molecule has 2 rings (SSSR count). The summed E-state index contributed by atoms with van der Waals surface area (Å²) in [4.78, 5) is 0. The molecule has 0 spiro atoms. The molecule has 0 amide bonds. The van der Waals surface area contributed by atoms with Crippen molar-refractivity contribution in [3.8, 4) is 5.75 Å². The van der Waals surface area contributed by atoms with E-state index in [2.05, 4.69) is 19.9 Å². The highest BCUT2D eigenvalue weighted by Gasteiger charge is 2.29. The van der Waals surface area contributed by atoms with Crippen molar-refractivity contribution in [3.63, 3.8) is 0 Å². The predicted molar refractivity (Wildman–Crippen MR) is 69.4 cm³/mol. The SMILES string of the molecule is Cc1cc(C)cc(OCC2(O)CCCCC2)c1. The van der Waals surface area contributed by atoms with Crippen LogP contribution in [0.15, 0.2) is 18.2 Å². The molecule has 0 unspecified atom stereocenters. The summed E-state index contributed by atoms with van der Waals surface area (Å²) in [5, 5.41) is 10.3. The molecule has 17 heavy (non-hydrogen) atoms. The largest absolute Gasteiger partial charge is 0.491 e. The summed E-state index contributed by atoms with van der Waals surface area (Å²) >= 11 is 0. The predicted octanol–water partition coefficient (Wildman–Crippen LogP) is 3.38. The fraction of sp³-hybridized carbons (Fsp3) is 0.600. The smallest absolute Gasteiger partial charge is 0.119 e. The van der Waals surface area contributed by atoms with Crippen LogP contribution in [0.4, 0.5) is 0 Å². The molecule has 0 aromatic heterocycles. The van der Waals surface area contributed by atoms with Crippen molar-refractivity contribution in [1.29, 1.82) is 0 Å². The molecule has 1 fully saturated rings. The topological polar surface area (TPSA) is 29.5 Å². The molecule has 0 heterocycles. The average molecular weight is 234 g/mol. The maximum absolute atomic E-state index is 10.3. The second-order valence-corrected chi connectivity index (χ2v) is 5.40. The van der Waals surface area contributed by atoms with Gasteiger partial charge in [-0.2, -0.15) is 0 Å². The molecule has 1 aromatic carbocycles. The van der Waals surface area contributed by atoms with Crippen LogP contribution in [-0.4, -0.2) is 17.3 Å². The van der Waals surface area contributed by atoms with Gasteiger partial charge < -0.3 is 9.84 Å². The maximum atomic E-state index is 10.3. The van der Waals surface area contributed by atoms with Gasteiger partial charge in [0, 0.05) is 0 Å². The van der Waals surface area contributed by atoms with Crippen LogP contribution >= 0.6 is 0 Å². The molecular weight excluding hydrogens is 212 g/mol. The Kier molecular flexibility index (Phi) is 3.72. The number of aryl methyl sites for hydroxylation is 2. The van der Waals surface area contributed by atoms with Gasteiger partial charge in [0.15, 0.2) is 0 Å². The zero-order valence-electron chi connectivity index (χ0n) is 10.8. The van der Waals surface area contributed by atoms with Crippen molar-refractivity contribution >= 4 is 0 Å². The molecule has 1 N–H and O–H groups in total. The van der Waals surface area contributed by atoms with Gasteiger partial charge in [-0.1, -0.05) is 25.3 Å².